The molecule has 1 heterocycles. The first-order valence-electron chi connectivity index (χ1n) is 6.10. The topological polar surface area (TPSA) is 67.2 Å². The van der Waals surface area contributed by atoms with E-state index in [1.54, 1.807) is 6.92 Å². The summed E-state index contributed by atoms with van der Waals surface area (Å²) >= 11 is 0. The summed E-state index contributed by atoms with van der Waals surface area (Å²) in [6.45, 7) is 4.47. The van der Waals surface area contributed by atoms with Gasteiger partial charge in [0.1, 0.15) is 11.6 Å². The number of fused-ring (bicyclic) bond motifs is 1. The highest BCUT2D eigenvalue weighted by molar-refractivity contribution is 5.84. The number of carbonyl (C=O) groups is 1. The number of hydrogen-bond acceptors (Lipinski definition) is 4. The molecule has 2 rings (SSSR count). The maximum absolute atomic E-state index is 11.7. The van der Waals surface area contributed by atoms with Crippen LogP contribution in [0.25, 0.3) is 11.1 Å². The fraction of sp³-hybridized carbons (Fsp3) is 0.385. The molecule has 0 fully saturated rings. The van der Waals surface area contributed by atoms with Crippen molar-refractivity contribution >= 4 is 23.0 Å². The monoisotopic (exact) mass is 247 g/mol. The maximum atomic E-state index is 11.7. The van der Waals surface area contributed by atoms with Gasteiger partial charge >= 0.3 is 0 Å². The van der Waals surface area contributed by atoms with Crippen LogP contribution in [0.1, 0.15) is 20.3 Å². The fourth-order valence-corrected chi connectivity index (χ4v) is 1.59. The van der Waals surface area contributed by atoms with Gasteiger partial charge in [0, 0.05) is 6.54 Å². The van der Waals surface area contributed by atoms with Crippen LogP contribution in [0.4, 0.5) is 6.01 Å². The Hall–Kier alpha value is -2.04. The molecule has 0 aliphatic heterocycles. The highest BCUT2D eigenvalue weighted by Crippen LogP contribution is 2.18. The maximum Gasteiger partial charge on any atom is 0.296 e. The smallest absolute Gasteiger partial charge is 0.296 e. The van der Waals surface area contributed by atoms with Crippen LogP contribution in [0, 0.1) is 0 Å². The van der Waals surface area contributed by atoms with Crippen molar-refractivity contribution in [2.75, 3.05) is 11.9 Å². The normalized spacial score (nSPS) is 12.3. The molecule has 2 N–H and O–H groups in total. The molecule has 2 aromatic rings. The second-order valence-corrected chi connectivity index (χ2v) is 4.14. The quantitative estimate of drug-likeness (QED) is 0.849. The van der Waals surface area contributed by atoms with Gasteiger partial charge in [0.15, 0.2) is 5.58 Å². The van der Waals surface area contributed by atoms with Gasteiger partial charge in [0.2, 0.25) is 5.91 Å². The van der Waals surface area contributed by atoms with Gasteiger partial charge in [-0.2, -0.15) is 4.98 Å². The summed E-state index contributed by atoms with van der Waals surface area (Å²) in [6.07, 6.45) is 0.918. The summed E-state index contributed by atoms with van der Waals surface area (Å²) in [6, 6.07) is 7.49. The molecule has 5 nitrogen and oxygen atoms in total. The fourth-order valence-electron chi connectivity index (χ4n) is 1.59. The molecule has 0 spiro atoms. The number of anilines is 1. The SMILES string of the molecule is CCCNC(=O)C(C)Nc1nc2ccccc2o1. The van der Waals surface area contributed by atoms with Crippen LogP contribution < -0.4 is 10.6 Å². The van der Waals surface area contributed by atoms with E-state index in [-0.39, 0.29) is 11.9 Å². The van der Waals surface area contributed by atoms with Crippen molar-refractivity contribution in [3.63, 3.8) is 0 Å². The number of oxazole rings is 1. The molecule has 5 heteroatoms. The lowest BCUT2D eigenvalue weighted by molar-refractivity contribution is -0.121. The lowest BCUT2D eigenvalue weighted by Gasteiger charge is -2.11. The van der Waals surface area contributed by atoms with E-state index in [0.717, 1.165) is 11.9 Å². The third-order valence-corrected chi connectivity index (χ3v) is 2.58. The Kier molecular flexibility index (Phi) is 3.82. The number of hydrogen-bond donors (Lipinski definition) is 2. The van der Waals surface area contributed by atoms with Crippen molar-refractivity contribution in [3.05, 3.63) is 24.3 Å². The summed E-state index contributed by atoms with van der Waals surface area (Å²) in [5, 5.41) is 5.77. The first-order chi connectivity index (χ1) is 8.70. The van der Waals surface area contributed by atoms with Crippen molar-refractivity contribution in [1.29, 1.82) is 0 Å². The second kappa shape index (κ2) is 5.53. The Morgan fingerprint density at radius 1 is 1.44 bits per heavy atom. The third kappa shape index (κ3) is 2.80. The molecule has 0 aliphatic carbocycles. The van der Waals surface area contributed by atoms with E-state index in [1.165, 1.54) is 0 Å². The molecule has 0 saturated carbocycles. The summed E-state index contributed by atoms with van der Waals surface area (Å²) < 4.78 is 5.49. The third-order valence-electron chi connectivity index (χ3n) is 2.58. The highest BCUT2D eigenvalue weighted by Gasteiger charge is 2.14. The van der Waals surface area contributed by atoms with Crippen molar-refractivity contribution in [3.8, 4) is 0 Å². The van der Waals surface area contributed by atoms with Crippen LogP contribution in [0.3, 0.4) is 0 Å². The van der Waals surface area contributed by atoms with Gasteiger partial charge < -0.3 is 15.1 Å². The number of nitrogens with one attached hydrogen (secondary N) is 2. The van der Waals surface area contributed by atoms with Crippen molar-refractivity contribution in [2.24, 2.45) is 0 Å². The van der Waals surface area contributed by atoms with Gasteiger partial charge in [-0.3, -0.25) is 4.79 Å². The molecule has 1 atom stereocenters. The van der Waals surface area contributed by atoms with Gasteiger partial charge in [-0.25, -0.2) is 0 Å². The van der Waals surface area contributed by atoms with E-state index in [9.17, 15) is 4.79 Å². The zero-order chi connectivity index (χ0) is 13.0. The van der Waals surface area contributed by atoms with E-state index in [2.05, 4.69) is 15.6 Å². The van der Waals surface area contributed by atoms with Gasteiger partial charge in [-0.05, 0) is 25.5 Å². The minimum atomic E-state index is -0.371. The number of nitrogens with zero attached hydrogens (tertiary/aromatic N) is 1. The average molecular weight is 247 g/mol. The predicted octanol–water partition coefficient (Wildman–Crippen LogP) is 2.15. The Bertz CT molecular complexity index is 503. The number of carbonyl (C=O) groups excluding carboxylic acids is 1. The van der Waals surface area contributed by atoms with Crippen LogP contribution in [0.5, 0.6) is 0 Å². The van der Waals surface area contributed by atoms with Gasteiger partial charge in [0.25, 0.3) is 6.01 Å². The van der Waals surface area contributed by atoms with Gasteiger partial charge in [-0.15, -0.1) is 0 Å². The average Bonchev–Trinajstić information content (AvgIpc) is 2.77. The summed E-state index contributed by atoms with van der Waals surface area (Å²) in [5.41, 5.74) is 1.49. The minimum absolute atomic E-state index is 0.0564. The molecule has 96 valence electrons. The lowest BCUT2D eigenvalue weighted by atomic mass is 10.3. The highest BCUT2D eigenvalue weighted by atomic mass is 16.4. The van der Waals surface area contributed by atoms with Crippen LogP contribution in [-0.4, -0.2) is 23.5 Å². The first-order valence-corrected chi connectivity index (χ1v) is 6.10. The summed E-state index contributed by atoms with van der Waals surface area (Å²) in [4.78, 5) is 15.9. The zero-order valence-electron chi connectivity index (χ0n) is 10.6. The van der Waals surface area contributed by atoms with Gasteiger partial charge in [-0.1, -0.05) is 19.1 Å². The number of amides is 1. The summed E-state index contributed by atoms with van der Waals surface area (Å²) in [5.74, 6) is -0.0564. The summed E-state index contributed by atoms with van der Waals surface area (Å²) in [7, 11) is 0. The predicted molar refractivity (Wildman–Crippen MR) is 70.4 cm³/mol. The largest absolute Gasteiger partial charge is 0.424 e. The Balaban J connectivity index is 2.02. The molecule has 0 aliphatic rings. The second-order valence-electron chi connectivity index (χ2n) is 4.14. The van der Waals surface area contributed by atoms with Crippen molar-refractivity contribution < 1.29 is 9.21 Å². The van der Waals surface area contributed by atoms with E-state index in [4.69, 9.17) is 4.42 Å². The number of rotatable bonds is 5. The van der Waals surface area contributed by atoms with E-state index in [0.29, 0.717) is 18.1 Å². The van der Waals surface area contributed by atoms with Crippen molar-refractivity contribution in [1.82, 2.24) is 10.3 Å². The molecular formula is C13H17N3O2. The van der Waals surface area contributed by atoms with Crippen molar-refractivity contribution in [2.45, 2.75) is 26.3 Å². The standard InChI is InChI=1S/C13H17N3O2/c1-3-8-14-12(17)9(2)15-13-16-10-6-4-5-7-11(10)18-13/h4-7,9H,3,8H2,1-2H3,(H,14,17)(H,15,16). The Morgan fingerprint density at radius 2 is 2.22 bits per heavy atom. The number of benzene rings is 1. The molecule has 1 amide bonds. The zero-order valence-corrected chi connectivity index (χ0v) is 10.6. The first kappa shape index (κ1) is 12.4. The van der Waals surface area contributed by atoms with Crippen LogP contribution in [-0.2, 0) is 4.79 Å². The Labute approximate surface area is 106 Å². The lowest BCUT2D eigenvalue weighted by Crippen LogP contribution is -2.37. The number of para-hydroxylation sites is 2. The molecule has 0 bridgehead atoms. The molecule has 0 saturated heterocycles. The van der Waals surface area contributed by atoms with Crippen LogP contribution in [0.15, 0.2) is 28.7 Å². The minimum Gasteiger partial charge on any atom is -0.424 e. The van der Waals surface area contributed by atoms with E-state index >= 15 is 0 Å². The number of aromatic nitrogens is 1. The molecule has 18 heavy (non-hydrogen) atoms. The molecule has 1 aromatic carbocycles. The van der Waals surface area contributed by atoms with Gasteiger partial charge in [0.05, 0.1) is 0 Å². The van der Waals surface area contributed by atoms with Crippen LogP contribution in [0.2, 0.25) is 0 Å². The molecule has 1 aromatic heterocycles. The Morgan fingerprint density at radius 3 is 2.94 bits per heavy atom. The molecule has 1 unspecified atom stereocenters. The van der Waals surface area contributed by atoms with E-state index in [1.807, 2.05) is 31.2 Å². The molecule has 0 radical (unpaired) electrons. The van der Waals surface area contributed by atoms with E-state index < -0.39 is 0 Å². The van der Waals surface area contributed by atoms with Crippen LogP contribution >= 0.6 is 0 Å². The molecular weight excluding hydrogens is 230 g/mol.